The molecule has 5 heteroatoms. The normalized spacial score (nSPS) is 23.5. The summed E-state index contributed by atoms with van der Waals surface area (Å²) >= 11 is 0. The smallest absolute Gasteiger partial charge is 0.149 e. The SMILES string of the molecule is CC(C)[C@H](N[C@H](C)[C@H]1CCCCO1)c1nncn1C. The molecule has 3 atom stereocenters. The first-order chi connectivity index (χ1) is 9.09. The van der Waals surface area contributed by atoms with Crippen LogP contribution in [0.5, 0.6) is 0 Å². The minimum Gasteiger partial charge on any atom is -0.377 e. The lowest BCUT2D eigenvalue weighted by Gasteiger charge is -2.32. The van der Waals surface area contributed by atoms with Crippen LogP contribution < -0.4 is 5.32 Å². The van der Waals surface area contributed by atoms with Crippen molar-refractivity contribution in [2.24, 2.45) is 13.0 Å². The van der Waals surface area contributed by atoms with Gasteiger partial charge in [-0.15, -0.1) is 10.2 Å². The number of nitrogens with one attached hydrogen (secondary N) is 1. The summed E-state index contributed by atoms with van der Waals surface area (Å²) in [6.45, 7) is 7.52. The van der Waals surface area contributed by atoms with Crippen molar-refractivity contribution in [3.8, 4) is 0 Å². The maximum absolute atomic E-state index is 5.86. The van der Waals surface area contributed by atoms with Gasteiger partial charge >= 0.3 is 0 Å². The fourth-order valence-corrected chi connectivity index (χ4v) is 2.69. The minimum atomic E-state index is 0.216. The molecule has 0 aliphatic carbocycles. The Labute approximate surface area is 115 Å². The van der Waals surface area contributed by atoms with E-state index in [9.17, 15) is 0 Å². The van der Waals surface area contributed by atoms with E-state index in [1.165, 1.54) is 12.8 Å². The Morgan fingerprint density at radius 2 is 2.16 bits per heavy atom. The molecule has 5 nitrogen and oxygen atoms in total. The molecule has 1 aliphatic rings. The van der Waals surface area contributed by atoms with Crippen molar-refractivity contribution in [1.29, 1.82) is 0 Å². The second kappa shape index (κ2) is 6.48. The van der Waals surface area contributed by atoms with Crippen molar-refractivity contribution >= 4 is 0 Å². The molecule has 2 heterocycles. The van der Waals surface area contributed by atoms with Gasteiger partial charge in [-0.05, 0) is 32.1 Å². The van der Waals surface area contributed by atoms with E-state index >= 15 is 0 Å². The Hall–Kier alpha value is -0.940. The molecule has 2 rings (SSSR count). The molecule has 108 valence electrons. The summed E-state index contributed by atoms with van der Waals surface area (Å²) in [4.78, 5) is 0. The Balaban J connectivity index is 2.02. The summed E-state index contributed by atoms with van der Waals surface area (Å²) in [7, 11) is 1.99. The summed E-state index contributed by atoms with van der Waals surface area (Å²) in [5.74, 6) is 1.46. The van der Waals surface area contributed by atoms with Gasteiger partial charge in [0, 0.05) is 19.7 Å². The van der Waals surface area contributed by atoms with Gasteiger partial charge in [0.2, 0.25) is 0 Å². The molecule has 0 bridgehead atoms. The van der Waals surface area contributed by atoms with Crippen molar-refractivity contribution in [2.45, 2.75) is 58.2 Å². The van der Waals surface area contributed by atoms with Crippen molar-refractivity contribution in [2.75, 3.05) is 6.61 Å². The fraction of sp³-hybridized carbons (Fsp3) is 0.857. The van der Waals surface area contributed by atoms with Crippen LogP contribution in [0, 0.1) is 5.92 Å². The minimum absolute atomic E-state index is 0.216. The lowest BCUT2D eigenvalue weighted by Crippen LogP contribution is -2.44. The topological polar surface area (TPSA) is 52.0 Å². The van der Waals surface area contributed by atoms with Crippen molar-refractivity contribution < 1.29 is 4.74 Å². The van der Waals surface area contributed by atoms with E-state index in [-0.39, 0.29) is 6.04 Å². The fourth-order valence-electron chi connectivity index (χ4n) is 2.69. The molecule has 1 fully saturated rings. The number of aromatic nitrogens is 3. The zero-order valence-electron chi connectivity index (χ0n) is 12.5. The average Bonchev–Trinajstić information content (AvgIpc) is 2.82. The highest BCUT2D eigenvalue weighted by Crippen LogP contribution is 2.23. The number of ether oxygens (including phenoxy) is 1. The van der Waals surface area contributed by atoms with Gasteiger partial charge in [-0.25, -0.2) is 0 Å². The zero-order valence-corrected chi connectivity index (χ0v) is 12.5. The monoisotopic (exact) mass is 266 g/mol. The van der Waals surface area contributed by atoms with E-state index < -0.39 is 0 Å². The van der Waals surface area contributed by atoms with E-state index in [1.54, 1.807) is 6.33 Å². The summed E-state index contributed by atoms with van der Waals surface area (Å²) < 4.78 is 7.85. The molecule has 19 heavy (non-hydrogen) atoms. The third-order valence-corrected chi connectivity index (χ3v) is 3.91. The molecule has 1 N–H and O–H groups in total. The highest BCUT2D eigenvalue weighted by molar-refractivity contribution is 4.97. The predicted molar refractivity (Wildman–Crippen MR) is 74.8 cm³/mol. The van der Waals surface area contributed by atoms with Gasteiger partial charge in [-0.3, -0.25) is 0 Å². The van der Waals surface area contributed by atoms with Crippen LogP contribution in [0.3, 0.4) is 0 Å². The first-order valence-electron chi connectivity index (χ1n) is 7.31. The molecule has 0 unspecified atom stereocenters. The number of nitrogens with zero attached hydrogens (tertiary/aromatic N) is 3. The predicted octanol–water partition coefficient (Wildman–Crippen LogP) is 2.06. The molecule has 1 aromatic rings. The first-order valence-corrected chi connectivity index (χ1v) is 7.31. The van der Waals surface area contributed by atoms with Gasteiger partial charge in [0.15, 0.2) is 0 Å². The van der Waals surface area contributed by atoms with Crippen LogP contribution in [0.2, 0.25) is 0 Å². The van der Waals surface area contributed by atoms with Crippen LogP contribution in [-0.2, 0) is 11.8 Å². The molecule has 0 amide bonds. The Bertz CT molecular complexity index is 385. The molecule has 1 aromatic heterocycles. The van der Waals surface area contributed by atoms with Gasteiger partial charge in [0.25, 0.3) is 0 Å². The summed E-state index contributed by atoms with van der Waals surface area (Å²) in [6, 6.07) is 0.553. The van der Waals surface area contributed by atoms with E-state index in [2.05, 4.69) is 36.3 Å². The molecule has 0 saturated carbocycles. The summed E-state index contributed by atoms with van der Waals surface area (Å²) in [5, 5.41) is 11.9. The van der Waals surface area contributed by atoms with Crippen LogP contribution >= 0.6 is 0 Å². The standard InChI is InChI=1S/C14H26N4O/c1-10(2)13(14-17-15-9-18(14)4)16-11(3)12-7-5-6-8-19-12/h9-13,16H,5-8H2,1-4H3/t11-,12-,13+/m1/s1. The second-order valence-electron chi connectivity index (χ2n) is 5.88. The molecule has 0 spiro atoms. The molecular formula is C14H26N4O. The van der Waals surface area contributed by atoms with Crippen LogP contribution in [-0.4, -0.2) is 33.5 Å². The molecular weight excluding hydrogens is 240 g/mol. The van der Waals surface area contributed by atoms with Crippen LogP contribution in [0.25, 0.3) is 0 Å². The number of aryl methyl sites for hydroxylation is 1. The third kappa shape index (κ3) is 3.54. The average molecular weight is 266 g/mol. The van der Waals surface area contributed by atoms with Gasteiger partial charge < -0.3 is 14.6 Å². The van der Waals surface area contributed by atoms with E-state index in [4.69, 9.17) is 4.74 Å². The molecule has 1 saturated heterocycles. The third-order valence-electron chi connectivity index (χ3n) is 3.91. The molecule has 0 radical (unpaired) electrons. The van der Waals surface area contributed by atoms with Gasteiger partial charge in [-0.2, -0.15) is 0 Å². The number of hydrogen-bond donors (Lipinski definition) is 1. The molecule has 1 aliphatic heterocycles. The largest absolute Gasteiger partial charge is 0.377 e. The van der Waals surface area contributed by atoms with Crippen LogP contribution in [0.15, 0.2) is 6.33 Å². The van der Waals surface area contributed by atoms with Gasteiger partial charge in [-0.1, -0.05) is 13.8 Å². The maximum atomic E-state index is 5.86. The Kier molecular flexibility index (Phi) is 4.93. The lowest BCUT2D eigenvalue weighted by atomic mass is 9.98. The first kappa shape index (κ1) is 14.5. The number of rotatable bonds is 5. The highest BCUT2D eigenvalue weighted by atomic mass is 16.5. The van der Waals surface area contributed by atoms with Gasteiger partial charge in [0.1, 0.15) is 12.2 Å². The van der Waals surface area contributed by atoms with E-state index in [0.717, 1.165) is 18.9 Å². The maximum Gasteiger partial charge on any atom is 0.149 e. The lowest BCUT2D eigenvalue weighted by molar-refractivity contribution is -0.00760. The molecule has 0 aromatic carbocycles. The van der Waals surface area contributed by atoms with Crippen LogP contribution in [0.4, 0.5) is 0 Å². The van der Waals surface area contributed by atoms with E-state index in [1.807, 2.05) is 11.6 Å². The second-order valence-corrected chi connectivity index (χ2v) is 5.88. The summed E-state index contributed by atoms with van der Waals surface area (Å²) in [6.07, 6.45) is 5.70. The Morgan fingerprint density at radius 3 is 2.68 bits per heavy atom. The van der Waals surface area contributed by atoms with Crippen molar-refractivity contribution in [3.05, 3.63) is 12.2 Å². The zero-order chi connectivity index (χ0) is 13.8. The van der Waals surface area contributed by atoms with Crippen molar-refractivity contribution in [1.82, 2.24) is 20.1 Å². The van der Waals surface area contributed by atoms with Crippen molar-refractivity contribution in [3.63, 3.8) is 0 Å². The quantitative estimate of drug-likeness (QED) is 0.886. The Morgan fingerprint density at radius 1 is 1.37 bits per heavy atom. The summed E-state index contributed by atoms with van der Waals surface area (Å²) in [5.41, 5.74) is 0. The van der Waals surface area contributed by atoms with Crippen LogP contribution in [0.1, 0.15) is 51.9 Å². The van der Waals surface area contributed by atoms with E-state index in [0.29, 0.717) is 18.1 Å². The van der Waals surface area contributed by atoms with Gasteiger partial charge in [0.05, 0.1) is 12.1 Å². The highest BCUT2D eigenvalue weighted by Gasteiger charge is 2.27. The number of hydrogen-bond acceptors (Lipinski definition) is 4.